The Morgan fingerprint density at radius 1 is 1.10 bits per heavy atom. The first-order valence-electron chi connectivity index (χ1n) is 9.68. The molecule has 8 heteroatoms. The van der Waals surface area contributed by atoms with Gasteiger partial charge < -0.3 is 4.74 Å². The second-order valence-electron chi connectivity index (χ2n) is 6.44. The van der Waals surface area contributed by atoms with Gasteiger partial charge in [0, 0.05) is 30.6 Å². The molecular formula is C22H25N7O. The third-order valence-corrected chi connectivity index (χ3v) is 4.42. The molecule has 154 valence electrons. The Morgan fingerprint density at radius 3 is 2.60 bits per heavy atom. The van der Waals surface area contributed by atoms with Crippen molar-refractivity contribution in [1.29, 1.82) is 10.8 Å². The standard InChI is InChI=1S/C20H19N7O.C2H6/c1-26-12-15(10-24-26)18-5-6-19(21)27(25-18)20(22)8-13-3-4-17-14(7-13)9-16(28-2)11-23-17;1-2/h3-7,9-12,21-22H,8H2,1-2H3;1-2H3. The monoisotopic (exact) mass is 403 g/mol. The lowest BCUT2D eigenvalue weighted by Crippen LogP contribution is -2.30. The van der Waals surface area contributed by atoms with Crippen molar-refractivity contribution in [1.82, 2.24) is 24.5 Å². The highest BCUT2D eigenvalue weighted by Crippen LogP contribution is 2.20. The number of fused-ring (bicyclic) bond motifs is 1. The molecule has 0 fully saturated rings. The van der Waals surface area contributed by atoms with Gasteiger partial charge in [-0.2, -0.15) is 10.2 Å². The summed E-state index contributed by atoms with van der Waals surface area (Å²) < 4.78 is 8.27. The van der Waals surface area contributed by atoms with Gasteiger partial charge in [-0.15, -0.1) is 0 Å². The minimum absolute atomic E-state index is 0.154. The second kappa shape index (κ2) is 9.13. The van der Waals surface area contributed by atoms with Gasteiger partial charge in [0.05, 0.1) is 30.7 Å². The Labute approximate surface area is 174 Å². The number of hydrogen-bond acceptors (Lipinski definition) is 6. The van der Waals surface area contributed by atoms with Crippen molar-refractivity contribution in [3.8, 4) is 17.0 Å². The van der Waals surface area contributed by atoms with E-state index in [4.69, 9.17) is 15.6 Å². The lowest BCUT2D eigenvalue weighted by molar-refractivity contribution is 0.414. The minimum atomic E-state index is 0.154. The first-order valence-corrected chi connectivity index (χ1v) is 9.68. The van der Waals surface area contributed by atoms with Gasteiger partial charge in [-0.3, -0.25) is 20.5 Å². The smallest absolute Gasteiger partial charge is 0.148 e. The maximum Gasteiger partial charge on any atom is 0.148 e. The van der Waals surface area contributed by atoms with Crippen LogP contribution < -0.4 is 10.2 Å². The van der Waals surface area contributed by atoms with Crippen LogP contribution in [0.5, 0.6) is 5.75 Å². The molecule has 0 aliphatic rings. The van der Waals surface area contributed by atoms with Gasteiger partial charge in [0.25, 0.3) is 0 Å². The van der Waals surface area contributed by atoms with E-state index >= 15 is 0 Å². The highest BCUT2D eigenvalue weighted by molar-refractivity contribution is 5.86. The number of pyridine rings is 1. The van der Waals surface area contributed by atoms with Crippen LogP contribution in [-0.2, 0) is 13.5 Å². The predicted octanol–water partition coefficient (Wildman–Crippen LogP) is 3.41. The van der Waals surface area contributed by atoms with Crippen molar-refractivity contribution >= 4 is 16.7 Å². The quantitative estimate of drug-likeness (QED) is 0.402. The van der Waals surface area contributed by atoms with Crippen LogP contribution in [0.15, 0.2) is 55.0 Å². The van der Waals surface area contributed by atoms with Crippen molar-refractivity contribution in [2.75, 3.05) is 7.11 Å². The number of nitrogens with zero attached hydrogens (tertiary/aromatic N) is 5. The van der Waals surface area contributed by atoms with E-state index in [1.807, 2.05) is 51.4 Å². The number of methoxy groups -OCH3 is 1. The number of aryl methyl sites for hydroxylation is 1. The van der Waals surface area contributed by atoms with Crippen LogP contribution in [0.1, 0.15) is 19.4 Å². The van der Waals surface area contributed by atoms with Gasteiger partial charge >= 0.3 is 0 Å². The van der Waals surface area contributed by atoms with Crippen LogP contribution >= 0.6 is 0 Å². The van der Waals surface area contributed by atoms with Crippen molar-refractivity contribution in [3.05, 3.63) is 66.0 Å². The minimum Gasteiger partial charge on any atom is -0.495 e. The molecule has 3 aromatic heterocycles. The maximum absolute atomic E-state index is 8.48. The molecule has 0 unspecified atom stereocenters. The summed E-state index contributed by atoms with van der Waals surface area (Å²) in [6.45, 7) is 4.00. The Kier molecular flexibility index (Phi) is 6.36. The molecule has 0 saturated heterocycles. The third-order valence-electron chi connectivity index (χ3n) is 4.42. The normalized spacial score (nSPS) is 10.4. The van der Waals surface area contributed by atoms with Crippen LogP contribution in [0.2, 0.25) is 0 Å². The Bertz CT molecular complexity index is 1240. The highest BCUT2D eigenvalue weighted by atomic mass is 16.5. The highest BCUT2D eigenvalue weighted by Gasteiger charge is 2.09. The van der Waals surface area contributed by atoms with Gasteiger partial charge in [-0.05, 0) is 35.9 Å². The predicted molar refractivity (Wildman–Crippen MR) is 117 cm³/mol. The summed E-state index contributed by atoms with van der Waals surface area (Å²) >= 11 is 0. The van der Waals surface area contributed by atoms with Crippen LogP contribution in [0, 0.1) is 10.8 Å². The zero-order chi connectivity index (χ0) is 21.7. The zero-order valence-electron chi connectivity index (χ0n) is 17.5. The molecule has 0 aliphatic carbocycles. The van der Waals surface area contributed by atoms with E-state index in [0.717, 1.165) is 22.0 Å². The molecule has 1 aromatic carbocycles. The second-order valence-corrected chi connectivity index (χ2v) is 6.44. The SMILES string of the molecule is CC.COc1cnc2ccc(CC(=N)n3nc(-c4cnn(C)c4)ccc3=N)cc2c1. The van der Waals surface area contributed by atoms with Gasteiger partial charge in [-0.25, -0.2) is 4.68 Å². The van der Waals surface area contributed by atoms with Gasteiger partial charge in [0.2, 0.25) is 0 Å². The maximum atomic E-state index is 8.48. The van der Waals surface area contributed by atoms with E-state index in [0.29, 0.717) is 17.9 Å². The third kappa shape index (κ3) is 4.43. The average Bonchev–Trinajstić information content (AvgIpc) is 3.21. The van der Waals surface area contributed by atoms with E-state index in [-0.39, 0.29) is 11.3 Å². The topological polar surface area (TPSA) is 105 Å². The van der Waals surface area contributed by atoms with Gasteiger partial charge in [0.15, 0.2) is 0 Å². The molecular weight excluding hydrogens is 378 g/mol. The summed E-state index contributed by atoms with van der Waals surface area (Å²) in [5.41, 5.74) is 3.46. The molecule has 3 heterocycles. The fourth-order valence-corrected chi connectivity index (χ4v) is 2.99. The number of ether oxygens (including phenoxy) is 1. The number of benzene rings is 1. The molecule has 8 nitrogen and oxygen atoms in total. The molecule has 2 N–H and O–H groups in total. The molecule has 30 heavy (non-hydrogen) atoms. The molecule has 0 radical (unpaired) electrons. The van der Waals surface area contributed by atoms with Crippen molar-refractivity contribution in [2.45, 2.75) is 20.3 Å². The van der Waals surface area contributed by atoms with E-state index < -0.39 is 0 Å². The van der Waals surface area contributed by atoms with Crippen LogP contribution in [0.25, 0.3) is 22.2 Å². The largest absolute Gasteiger partial charge is 0.495 e. The fraction of sp³-hybridized carbons (Fsp3) is 0.227. The molecule has 0 saturated carbocycles. The molecule has 0 bridgehead atoms. The molecule has 0 amide bonds. The number of hydrogen-bond donors (Lipinski definition) is 2. The zero-order valence-corrected chi connectivity index (χ0v) is 17.5. The lowest BCUT2D eigenvalue weighted by Gasteiger charge is -2.10. The van der Waals surface area contributed by atoms with Crippen molar-refractivity contribution < 1.29 is 4.74 Å². The van der Waals surface area contributed by atoms with E-state index in [9.17, 15) is 0 Å². The summed E-state index contributed by atoms with van der Waals surface area (Å²) in [4.78, 5) is 4.36. The summed E-state index contributed by atoms with van der Waals surface area (Å²) in [7, 11) is 3.44. The Hall–Kier alpha value is -3.81. The molecule has 0 aliphatic heterocycles. The first kappa shape index (κ1) is 20.9. The van der Waals surface area contributed by atoms with Crippen LogP contribution in [-0.4, -0.2) is 37.5 Å². The van der Waals surface area contributed by atoms with Crippen LogP contribution in [0.3, 0.4) is 0 Å². The summed E-state index contributed by atoms with van der Waals surface area (Å²) in [5.74, 6) is 0.902. The first-order chi connectivity index (χ1) is 14.5. The Balaban J connectivity index is 0.00000124. The fourth-order valence-electron chi connectivity index (χ4n) is 2.99. The summed E-state index contributed by atoms with van der Waals surface area (Å²) in [5, 5.41) is 26.2. The van der Waals surface area contributed by atoms with Gasteiger partial charge in [-0.1, -0.05) is 19.9 Å². The number of nitrogens with one attached hydrogen (secondary N) is 2. The van der Waals surface area contributed by atoms with E-state index in [1.165, 1.54) is 4.68 Å². The molecule has 4 aromatic rings. The van der Waals surface area contributed by atoms with Gasteiger partial charge in [0.1, 0.15) is 17.1 Å². The van der Waals surface area contributed by atoms with Crippen molar-refractivity contribution in [2.24, 2.45) is 7.05 Å². The van der Waals surface area contributed by atoms with Crippen molar-refractivity contribution in [3.63, 3.8) is 0 Å². The number of aromatic nitrogens is 5. The average molecular weight is 403 g/mol. The lowest BCUT2D eigenvalue weighted by atomic mass is 10.1. The molecule has 4 rings (SSSR count). The van der Waals surface area contributed by atoms with E-state index in [2.05, 4.69) is 15.2 Å². The molecule has 0 spiro atoms. The number of rotatable bonds is 4. The van der Waals surface area contributed by atoms with E-state index in [1.54, 1.807) is 36.3 Å². The Morgan fingerprint density at radius 2 is 1.90 bits per heavy atom. The molecule has 0 atom stereocenters. The summed E-state index contributed by atoms with van der Waals surface area (Å²) in [6, 6.07) is 11.2. The van der Waals surface area contributed by atoms with Crippen LogP contribution in [0.4, 0.5) is 0 Å². The summed E-state index contributed by atoms with van der Waals surface area (Å²) in [6.07, 6.45) is 5.58.